The third-order valence-electron chi connectivity index (χ3n) is 5.77. The number of piperazine rings is 1. The van der Waals surface area contributed by atoms with Gasteiger partial charge in [-0.3, -0.25) is 29.9 Å². The molecule has 1 heterocycles. The summed E-state index contributed by atoms with van der Waals surface area (Å²) in [4.78, 5) is 37.8. The van der Waals surface area contributed by atoms with E-state index in [9.17, 15) is 25.0 Å². The summed E-state index contributed by atoms with van der Waals surface area (Å²) < 4.78 is 0. The topological polar surface area (TPSA) is 110 Å². The van der Waals surface area contributed by atoms with Crippen molar-refractivity contribution in [2.24, 2.45) is 0 Å². The average molecular weight is 446 g/mol. The molecule has 0 atom stereocenters. The Balaban J connectivity index is 1.54. The van der Waals surface area contributed by atoms with Crippen LogP contribution in [0.3, 0.4) is 0 Å². The summed E-state index contributed by atoms with van der Waals surface area (Å²) >= 11 is 0. The highest BCUT2D eigenvalue weighted by Crippen LogP contribution is 2.30. The summed E-state index contributed by atoms with van der Waals surface area (Å²) in [6.45, 7) is 2.01. The smallest absolute Gasteiger partial charge is 0.277 e. The molecule has 1 amide bonds. The average Bonchev–Trinajstić information content (AvgIpc) is 2.85. The lowest BCUT2D eigenvalue weighted by Gasteiger charge is -2.39. The molecule has 0 radical (unpaired) electrons. The lowest BCUT2D eigenvalue weighted by molar-refractivity contribution is -0.394. The van der Waals surface area contributed by atoms with Gasteiger partial charge in [0.25, 0.3) is 17.3 Å². The molecule has 0 aromatic heterocycles. The highest BCUT2D eigenvalue weighted by atomic mass is 16.6. The van der Waals surface area contributed by atoms with Crippen LogP contribution in [-0.2, 0) is 0 Å². The minimum atomic E-state index is -0.730. The molecule has 0 N–H and O–H groups in total. The molecule has 0 saturated carbocycles. The lowest BCUT2D eigenvalue weighted by atomic mass is 9.96. The van der Waals surface area contributed by atoms with Crippen LogP contribution in [0.2, 0.25) is 0 Å². The van der Waals surface area contributed by atoms with E-state index in [0.29, 0.717) is 26.2 Å². The molecule has 3 aromatic carbocycles. The Morgan fingerprint density at radius 2 is 1.18 bits per heavy atom. The van der Waals surface area contributed by atoms with Gasteiger partial charge in [0.2, 0.25) is 0 Å². The standard InChI is InChI=1S/C24H22N4O5/c29-24(20-15-21(27(30)31)17-22(16-20)28(32)33)26-13-11-25(12-14-26)23(18-7-3-1-4-8-18)19-9-5-2-6-10-19/h1-10,15-17,23H,11-14H2. The fourth-order valence-electron chi connectivity index (χ4n) is 4.18. The van der Waals surface area contributed by atoms with Crippen LogP contribution in [0.4, 0.5) is 11.4 Å². The molecule has 4 rings (SSSR count). The molecular weight excluding hydrogens is 424 g/mol. The fourth-order valence-corrected chi connectivity index (χ4v) is 4.18. The second kappa shape index (κ2) is 9.58. The number of nitrogens with zero attached hydrogens (tertiary/aromatic N) is 4. The number of nitro benzene ring substituents is 2. The van der Waals surface area contributed by atoms with Crippen LogP contribution in [0, 0.1) is 20.2 Å². The molecule has 9 nitrogen and oxygen atoms in total. The van der Waals surface area contributed by atoms with Crippen molar-refractivity contribution < 1.29 is 14.6 Å². The van der Waals surface area contributed by atoms with Gasteiger partial charge < -0.3 is 4.90 Å². The third-order valence-corrected chi connectivity index (χ3v) is 5.77. The van der Waals surface area contributed by atoms with Crippen molar-refractivity contribution in [3.63, 3.8) is 0 Å². The van der Waals surface area contributed by atoms with E-state index in [-0.39, 0.29) is 11.6 Å². The van der Waals surface area contributed by atoms with E-state index in [1.165, 1.54) is 0 Å². The number of carbonyl (C=O) groups is 1. The maximum atomic E-state index is 13.0. The number of amides is 1. The first kappa shape index (κ1) is 22.1. The fraction of sp³-hybridized carbons (Fsp3) is 0.208. The van der Waals surface area contributed by atoms with Gasteiger partial charge in [0, 0.05) is 38.3 Å². The molecule has 0 unspecified atom stereocenters. The van der Waals surface area contributed by atoms with Gasteiger partial charge in [-0.05, 0) is 11.1 Å². The number of benzene rings is 3. The van der Waals surface area contributed by atoms with Crippen LogP contribution in [0.1, 0.15) is 27.5 Å². The largest absolute Gasteiger partial charge is 0.336 e. The van der Waals surface area contributed by atoms with Crippen molar-refractivity contribution in [3.8, 4) is 0 Å². The Morgan fingerprint density at radius 1 is 0.727 bits per heavy atom. The quantitative estimate of drug-likeness (QED) is 0.417. The minimum Gasteiger partial charge on any atom is -0.336 e. The van der Waals surface area contributed by atoms with Crippen LogP contribution in [-0.4, -0.2) is 51.7 Å². The Bertz CT molecular complexity index is 1090. The van der Waals surface area contributed by atoms with Gasteiger partial charge in [-0.2, -0.15) is 0 Å². The molecule has 1 aliphatic heterocycles. The molecule has 3 aromatic rings. The van der Waals surface area contributed by atoms with Crippen LogP contribution >= 0.6 is 0 Å². The molecule has 168 valence electrons. The molecule has 0 aliphatic carbocycles. The monoisotopic (exact) mass is 446 g/mol. The SMILES string of the molecule is O=C(c1cc([N+](=O)[O-])cc([N+](=O)[O-])c1)N1CCN(C(c2ccccc2)c2ccccc2)CC1. The van der Waals surface area contributed by atoms with E-state index in [4.69, 9.17) is 0 Å². The summed E-state index contributed by atoms with van der Waals surface area (Å²) in [5.41, 5.74) is 1.31. The van der Waals surface area contributed by atoms with Crippen molar-refractivity contribution in [3.05, 3.63) is 116 Å². The molecule has 0 bridgehead atoms. The molecular formula is C24H22N4O5. The Labute approximate surface area is 190 Å². The highest BCUT2D eigenvalue weighted by Gasteiger charge is 2.30. The first-order valence-corrected chi connectivity index (χ1v) is 10.5. The highest BCUT2D eigenvalue weighted by molar-refractivity contribution is 5.95. The van der Waals surface area contributed by atoms with E-state index in [2.05, 4.69) is 29.2 Å². The van der Waals surface area contributed by atoms with E-state index in [0.717, 1.165) is 29.3 Å². The van der Waals surface area contributed by atoms with Gasteiger partial charge in [0.05, 0.1) is 27.5 Å². The summed E-state index contributed by atoms with van der Waals surface area (Å²) in [5, 5.41) is 22.3. The van der Waals surface area contributed by atoms with Gasteiger partial charge in [-0.25, -0.2) is 0 Å². The van der Waals surface area contributed by atoms with E-state index < -0.39 is 27.1 Å². The summed E-state index contributed by atoms with van der Waals surface area (Å²) in [7, 11) is 0. The zero-order chi connectivity index (χ0) is 23.4. The first-order valence-electron chi connectivity index (χ1n) is 10.5. The van der Waals surface area contributed by atoms with Crippen LogP contribution in [0.5, 0.6) is 0 Å². The molecule has 33 heavy (non-hydrogen) atoms. The maximum Gasteiger partial charge on any atom is 0.277 e. The van der Waals surface area contributed by atoms with Crippen LogP contribution in [0.15, 0.2) is 78.9 Å². The van der Waals surface area contributed by atoms with Crippen LogP contribution < -0.4 is 0 Å². The summed E-state index contributed by atoms with van der Waals surface area (Å²) in [6, 6.07) is 23.4. The van der Waals surface area contributed by atoms with Crippen molar-refractivity contribution in [1.29, 1.82) is 0 Å². The van der Waals surface area contributed by atoms with Crippen molar-refractivity contribution >= 4 is 17.3 Å². The number of hydrogen-bond donors (Lipinski definition) is 0. The number of nitro groups is 2. The lowest BCUT2D eigenvalue weighted by Crippen LogP contribution is -2.49. The normalized spacial score (nSPS) is 14.3. The second-order valence-corrected chi connectivity index (χ2v) is 7.80. The van der Waals surface area contributed by atoms with E-state index in [1.807, 2.05) is 36.4 Å². The number of hydrogen-bond acceptors (Lipinski definition) is 6. The van der Waals surface area contributed by atoms with Crippen LogP contribution in [0.25, 0.3) is 0 Å². The van der Waals surface area contributed by atoms with Gasteiger partial charge in [0.15, 0.2) is 0 Å². The predicted molar refractivity (Wildman–Crippen MR) is 122 cm³/mol. The molecule has 0 spiro atoms. The molecule has 1 aliphatic rings. The number of non-ortho nitro benzene ring substituents is 2. The summed E-state index contributed by atoms with van der Waals surface area (Å²) in [5.74, 6) is -0.447. The maximum absolute atomic E-state index is 13.0. The number of carbonyl (C=O) groups excluding carboxylic acids is 1. The molecule has 1 fully saturated rings. The van der Waals surface area contributed by atoms with Gasteiger partial charge >= 0.3 is 0 Å². The van der Waals surface area contributed by atoms with Crippen molar-refractivity contribution in [2.45, 2.75) is 6.04 Å². The van der Waals surface area contributed by atoms with Gasteiger partial charge in [-0.15, -0.1) is 0 Å². The third kappa shape index (κ3) is 4.88. The van der Waals surface area contributed by atoms with E-state index >= 15 is 0 Å². The Kier molecular flexibility index (Phi) is 6.41. The summed E-state index contributed by atoms with van der Waals surface area (Å²) in [6.07, 6.45) is 0. The predicted octanol–water partition coefficient (Wildman–Crippen LogP) is 4.05. The minimum absolute atomic E-state index is 0.0311. The van der Waals surface area contributed by atoms with Gasteiger partial charge in [0.1, 0.15) is 0 Å². The first-order chi connectivity index (χ1) is 15.9. The van der Waals surface area contributed by atoms with Crippen molar-refractivity contribution in [2.75, 3.05) is 26.2 Å². The zero-order valence-corrected chi connectivity index (χ0v) is 17.7. The Morgan fingerprint density at radius 3 is 1.61 bits per heavy atom. The van der Waals surface area contributed by atoms with E-state index in [1.54, 1.807) is 4.90 Å². The van der Waals surface area contributed by atoms with Crippen molar-refractivity contribution in [1.82, 2.24) is 9.80 Å². The van der Waals surface area contributed by atoms with Gasteiger partial charge in [-0.1, -0.05) is 60.7 Å². The molecule has 9 heteroatoms. The zero-order valence-electron chi connectivity index (χ0n) is 17.7. The Hall–Kier alpha value is -4.11. The molecule has 1 saturated heterocycles. The number of rotatable bonds is 6. The second-order valence-electron chi connectivity index (χ2n) is 7.80.